The molecular weight excluding hydrogens is 434 g/mol. The van der Waals surface area contributed by atoms with Crippen LogP contribution in [-0.2, 0) is 13.0 Å². The van der Waals surface area contributed by atoms with Crippen LogP contribution in [-0.4, -0.2) is 37.8 Å². The molecule has 0 spiro atoms. The molecule has 6 rings (SSSR count). The molecule has 2 atom stereocenters. The molecule has 35 heavy (non-hydrogen) atoms. The van der Waals surface area contributed by atoms with Crippen molar-refractivity contribution in [3.05, 3.63) is 89.5 Å². The number of hydrogen-bond donors (Lipinski definition) is 2. The number of fused-ring (bicyclic) bond motifs is 3. The quantitative estimate of drug-likeness (QED) is 0.394. The highest BCUT2D eigenvalue weighted by atomic mass is 16.2. The molecule has 5 heterocycles. The Morgan fingerprint density at radius 3 is 2.77 bits per heavy atom. The van der Waals surface area contributed by atoms with E-state index in [1.165, 1.54) is 0 Å². The zero-order valence-corrected chi connectivity index (χ0v) is 20.1. The molecule has 3 aromatic heterocycles. The van der Waals surface area contributed by atoms with Gasteiger partial charge in [0.25, 0.3) is 5.91 Å². The van der Waals surface area contributed by atoms with Crippen molar-refractivity contribution in [1.82, 2.24) is 19.9 Å². The topological polar surface area (TPSA) is 73.9 Å². The Balaban J connectivity index is 1.14. The number of pyridine rings is 2. The maximum atomic E-state index is 13.7. The first-order valence-corrected chi connectivity index (χ1v) is 12.6. The molecule has 6 nitrogen and oxygen atoms in total. The molecule has 2 N–H and O–H groups in total. The number of amides is 1. The number of nitrogens with zero attached hydrogens (tertiary/aromatic N) is 3. The van der Waals surface area contributed by atoms with Crippen molar-refractivity contribution in [2.24, 2.45) is 5.92 Å². The van der Waals surface area contributed by atoms with Crippen molar-refractivity contribution in [3.63, 3.8) is 0 Å². The van der Waals surface area contributed by atoms with Gasteiger partial charge in [-0.15, -0.1) is 0 Å². The van der Waals surface area contributed by atoms with E-state index < -0.39 is 0 Å². The average molecular weight is 466 g/mol. The standard InChI is InChI=1S/C29H31N5O/c1-19-4-5-23(16-27(19)32-18-20-3-2-11-30-17-20)29(35)34-25-8-9-26(34)15-21(14-25)13-24-7-6-22-10-12-31-28(22)33-24/h2-7,10-12,16-17,21,25-26,32H,8-9,13-15,18H2,1H3,(H,31,33)/t25-,26-/m0/s1. The van der Waals surface area contributed by atoms with Crippen molar-refractivity contribution in [2.45, 2.75) is 57.7 Å². The number of benzene rings is 1. The summed E-state index contributed by atoms with van der Waals surface area (Å²) in [4.78, 5) is 28.1. The molecule has 2 bridgehead atoms. The van der Waals surface area contributed by atoms with Crippen LogP contribution < -0.4 is 5.32 Å². The molecule has 0 radical (unpaired) electrons. The van der Waals surface area contributed by atoms with Gasteiger partial charge in [0, 0.05) is 59.5 Å². The Kier molecular flexibility index (Phi) is 5.72. The van der Waals surface area contributed by atoms with Crippen LogP contribution in [0.4, 0.5) is 5.69 Å². The first kappa shape index (κ1) is 21.8. The Bertz CT molecular complexity index is 1330. The van der Waals surface area contributed by atoms with Crippen LogP contribution in [0, 0.1) is 12.8 Å². The molecule has 2 aliphatic heterocycles. The van der Waals surface area contributed by atoms with E-state index >= 15 is 0 Å². The van der Waals surface area contributed by atoms with Gasteiger partial charge in [-0.05, 0) is 92.5 Å². The van der Waals surface area contributed by atoms with E-state index in [2.05, 4.69) is 57.4 Å². The number of carbonyl (C=O) groups is 1. The van der Waals surface area contributed by atoms with Gasteiger partial charge in [0.15, 0.2) is 0 Å². The van der Waals surface area contributed by atoms with Crippen LogP contribution in [0.15, 0.2) is 67.1 Å². The maximum Gasteiger partial charge on any atom is 0.254 e. The number of H-pyrrole nitrogens is 1. The summed E-state index contributed by atoms with van der Waals surface area (Å²) in [7, 11) is 0. The monoisotopic (exact) mass is 465 g/mol. The summed E-state index contributed by atoms with van der Waals surface area (Å²) in [6, 6.07) is 17.1. The summed E-state index contributed by atoms with van der Waals surface area (Å²) in [5, 5.41) is 4.64. The van der Waals surface area contributed by atoms with Crippen molar-refractivity contribution in [1.29, 1.82) is 0 Å². The molecule has 178 valence electrons. The van der Waals surface area contributed by atoms with Crippen molar-refractivity contribution >= 4 is 22.6 Å². The summed E-state index contributed by atoms with van der Waals surface area (Å²) >= 11 is 0. The van der Waals surface area contributed by atoms with Gasteiger partial charge in [-0.25, -0.2) is 4.98 Å². The normalized spacial score (nSPS) is 21.4. The Morgan fingerprint density at radius 1 is 1.11 bits per heavy atom. The summed E-state index contributed by atoms with van der Waals surface area (Å²) in [6.07, 6.45) is 10.9. The van der Waals surface area contributed by atoms with Crippen molar-refractivity contribution < 1.29 is 4.79 Å². The van der Waals surface area contributed by atoms with Gasteiger partial charge in [-0.1, -0.05) is 12.1 Å². The van der Waals surface area contributed by atoms with Crippen molar-refractivity contribution in [3.8, 4) is 0 Å². The molecule has 6 heteroatoms. The van der Waals surface area contributed by atoms with Crippen LogP contribution in [0.2, 0.25) is 0 Å². The molecule has 0 aliphatic carbocycles. The zero-order chi connectivity index (χ0) is 23.8. The number of aryl methyl sites for hydroxylation is 1. The minimum atomic E-state index is 0.173. The summed E-state index contributed by atoms with van der Waals surface area (Å²) in [5.41, 5.74) is 6.15. The smallest absolute Gasteiger partial charge is 0.254 e. The highest BCUT2D eigenvalue weighted by molar-refractivity contribution is 5.96. The third-order valence-corrected chi connectivity index (χ3v) is 7.72. The van der Waals surface area contributed by atoms with E-state index in [4.69, 9.17) is 4.98 Å². The van der Waals surface area contributed by atoms with E-state index in [0.29, 0.717) is 24.5 Å². The number of aromatic amines is 1. The molecule has 1 amide bonds. The van der Waals surface area contributed by atoms with E-state index in [9.17, 15) is 4.79 Å². The highest BCUT2D eigenvalue weighted by Crippen LogP contribution is 2.41. The number of anilines is 1. The Labute approximate surface area is 205 Å². The zero-order valence-electron chi connectivity index (χ0n) is 20.1. The number of aromatic nitrogens is 3. The van der Waals surface area contributed by atoms with Crippen LogP contribution in [0.25, 0.3) is 11.0 Å². The third kappa shape index (κ3) is 4.41. The molecule has 2 aliphatic rings. The highest BCUT2D eigenvalue weighted by Gasteiger charge is 2.43. The fourth-order valence-electron chi connectivity index (χ4n) is 5.96. The predicted molar refractivity (Wildman–Crippen MR) is 138 cm³/mol. The SMILES string of the molecule is Cc1ccc(C(=O)N2[C@H]3CC[C@H]2CC(Cc2ccc4cc[nH]c4n2)C3)cc1NCc1cccnc1. The van der Waals surface area contributed by atoms with Crippen LogP contribution >= 0.6 is 0 Å². The Morgan fingerprint density at radius 2 is 1.97 bits per heavy atom. The maximum absolute atomic E-state index is 13.7. The molecule has 0 unspecified atom stereocenters. The summed E-state index contributed by atoms with van der Waals surface area (Å²) in [6.45, 7) is 2.76. The number of piperidine rings is 1. The van der Waals surface area contributed by atoms with Gasteiger partial charge in [-0.2, -0.15) is 0 Å². The fourth-order valence-corrected chi connectivity index (χ4v) is 5.96. The molecule has 4 aromatic rings. The van der Waals surface area contributed by atoms with E-state index in [1.807, 2.05) is 30.6 Å². The van der Waals surface area contributed by atoms with Gasteiger partial charge in [-0.3, -0.25) is 9.78 Å². The molecule has 2 fully saturated rings. The number of carbonyl (C=O) groups excluding carboxylic acids is 1. The fraction of sp³-hybridized carbons (Fsp3) is 0.345. The number of nitrogens with one attached hydrogen (secondary N) is 2. The van der Waals surface area contributed by atoms with E-state index in [-0.39, 0.29) is 5.91 Å². The second kappa shape index (κ2) is 9.17. The lowest BCUT2D eigenvalue weighted by Crippen LogP contribution is -2.47. The van der Waals surface area contributed by atoms with Crippen LogP contribution in [0.3, 0.4) is 0 Å². The lowest BCUT2D eigenvalue weighted by molar-refractivity contribution is 0.0524. The first-order valence-electron chi connectivity index (χ1n) is 12.6. The summed E-state index contributed by atoms with van der Waals surface area (Å²) in [5.74, 6) is 0.748. The first-order chi connectivity index (χ1) is 17.1. The van der Waals surface area contributed by atoms with E-state index in [0.717, 1.165) is 71.2 Å². The lowest BCUT2D eigenvalue weighted by Gasteiger charge is -2.39. The van der Waals surface area contributed by atoms with Crippen molar-refractivity contribution in [2.75, 3.05) is 5.32 Å². The van der Waals surface area contributed by atoms with Gasteiger partial charge in [0.2, 0.25) is 0 Å². The van der Waals surface area contributed by atoms with E-state index in [1.54, 1.807) is 6.20 Å². The van der Waals surface area contributed by atoms with Gasteiger partial charge < -0.3 is 15.2 Å². The minimum absolute atomic E-state index is 0.173. The molecule has 0 saturated carbocycles. The second-order valence-corrected chi connectivity index (χ2v) is 10.1. The number of rotatable bonds is 6. The largest absolute Gasteiger partial charge is 0.381 e. The second-order valence-electron chi connectivity index (χ2n) is 10.1. The lowest BCUT2D eigenvalue weighted by atomic mass is 9.86. The minimum Gasteiger partial charge on any atom is -0.381 e. The van der Waals surface area contributed by atoms with Crippen LogP contribution in [0.5, 0.6) is 0 Å². The van der Waals surface area contributed by atoms with Gasteiger partial charge in [0.1, 0.15) is 5.65 Å². The molecular formula is C29H31N5O. The third-order valence-electron chi connectivity index (χ3n) is 7.72. The van der Waals surface area contributed by atoms with Gasteiger partial charge >= 0.3 is 0 Å². The molecule has 1 aromatic carbocycles. The molecule has 2 saturated heterocycles. The predicted octanol–water partition coefficient (Wildman–Crippen LogP) is 5.50. The average Bonchev–Trinajstić information content (AvgIpc) is 3.45. The Hall–Kier alpha value is -3.67. The van der Waals surface area contributed by atoms with Crippen LogP contribution in [0.1, 0.15) is 52.9 Å². The number of hydrogen-bond acceptors (Lipinski definition) is 4. The summed E-state index contributed by atoms with van der Waals surface area (Å²) < 4.78 is 0. The van der Waals surface area contributed by atoms with Gasteiger partial charge in [0.05, 0.1) is 0 Å².